The highest BCUT2D eigenvalue weighted by molar-refractivity contribution is 6.32. The van der Waals surface area contributed by atoms with Crippen LogP contribution in [0.3, 0.4) is 0 Å². The molecule has 1 unspecified atom stereocenters. The van der Waals surface area contributed by atoms with Crippen molar-refractivity contribution in [1.29, 1.82) is 0 Å². The van der Waals surface area contributed by atoms with Crippen LogP contribution in [0.5, 0.6) is 5.75 Å². The zero-order valence-corrected chi connectivity index (χ0v) is 17.6. The molecule has 158 valence electrons. The summed E-state index contributed by atoms with van der Waals surface area (Å²) in [5, 5.41) is 9.82. The number of carboxylic acids is 1. The minimum atomic E-state index is -0.769. The zero-order valence-electron chi connectivity index (χ0n) is 16.8. The predicted octanol–water partition coefficient (Wildman–Crippen LogP) is 6.12. The average Bonchev–Trinajstić information content (AvgIpc) is 3.11. The van der Waals surface area contributed by atoms with E-state index in [-0.39, 0.29) is 23.1 Å². The fourth-order valence-corrected chi connectivity index (χ4v) is 7.66. The standard InChI is InChI=1S/C24H30ClFO3/c25-20-8-18(7-17-2-1-3-19(17)23(27)28)21(26)9-22(20)29-13-24-10-14-4-15(11-24)6-16(5-14)12-24/h8-9,14-17,19H,1-7,10-13H2,(H,27,28)/t14?,15?,16?,17?,19-,24?/m1/s1. The van der Waals surface area contributed by atoms with Gasteiger partial charge in [-0.2, -0.15) is 0 Å². The van der Waals surface area contributed by atoms with Gasteiger partial charge < -0.3 is 9.84 Å². The van der Waals surface area contributed by atoms with Gasteiger partial charge >= 0.3 is 5.97 Å². The molecule has 5 saturated carbocycles. The lowest BCUT2D eigenvalue weighted by Crippen LogP contribution is -2.48. The summed E-state index contributed by atoms with van der Waals surface area (Å²) in [7, 11) is 0. The summed E-state index contributed by atoms with van der Waals surface area (Å²) in [6.07, 6.45) is 10.7. The van der Waals surface area contributed by atoms with Crippen molar-refractivity contribution in [3.05, 3.63) is 28.5 Å². The monoisotopic (exact) mass is 420 g/mol. The van der Waals surface area contributed by atoms with Gasteiger partial charge in [-0.3, -0.25) is 4.79 Å². The van der Waals surface area contributed by atoms with Crippen LogP contribution in [0.2, 0.25) is 5.02 Å². The van der Waals surface area contributed by atoms with Crippen LogP contribution in [-0.4, -0.2) is 17.7 Å². The van der Waals surface area contributed by atoms with E-state index < -0.39 is 5.97 Å². The molecule has 4 bridgehead atoms. The van der Waals surface area contributed by atoms with Crippen molar-refractivity contribution in [2.24, 2.45) is 35.0 Å². The lowest BCUT2D eigenvalue weighted by Gasteiger charge is -2.56. The summed E-state index contributed by atoms with van der Waals surface area (Å²) < 4.78 is 20.9. The third-order valence-electron chi connectivity index (χ3n) is 8.26. The minimum absolute atomic E-state index is 0.0168. The first-order valence-electron chi connectivity index (χ1n) is 11.2. The molecule has 0 heterocycles. The molecule has 0 radical (unpaired) electrons. The first kappa shape index (κ1) is 19.7. The number of aliphatic carboxylic acids is 1. The van der Waals surface area contributed by atoms with Gasteiger partial charge in [-0.15, -0.1) is 0 Å². The highest BCUT2D eigenvalue weighted by atomic mass is 35.5. The second-order valence-corrected chi connectivity index (χ2v) is 10.8. The van der Waals surface area contributed by atoms with E-state index in [1.165, 1.54) is 44.6 Å². The fraction of sp³-hybridized carbons (Fsp3) is 0.708. The van der Waals surface area contributed by atoms with Crippen LogP contribution >= 0.6 is 11.6 Å². The van der Waals surface area contributed by atoms with Crippen molar-refractivity contribution in [1.82, 2.24) is 0 Å². The molecule has 5 heteroatoms. The van der Waals surface area contributed by atoms with Gasteiger partial charge in [-0.1, -0.05) is 18.0 Å². The average molecular weight is 421 g/mol. The number of rotatable bonds is 6. The van der Waals surface area contributed by atoms with Gasteiger partial charge in [0.05, 0.1) is 17.5 Å². The van der Waals surface area contributed by atoms with Gasteiger partial charge in [-0.05, 0) is 93.1 Å². The summed E-state index contributed by atoms with van der Waals surface area (Å²) in [6.45, 7) is 0.638. The number of hydrogen-bond donors (Lipinski definition) is 1. The second kappa shape index (κ2) is 7.44. The van der Waals surface area contributed by atoms with E-state index in [1.807, 2.05) is 0 Å². The Labute approximate surface area is 177 Å². The van der Waals surface area contributed by atoms with Crippen molar-refractivity contribution in [3.63, 3.8) is 0 Å². The van der Waals surface area contributed by atoms with Crippen LogP contribution in [0, 0.1) is 40.8 Å². The van der Waals surface area contributed by atoms with Gasteiger partial charge in [-0.25, -0.2) is 4.39 Å². The minimum Gasteiger partial charge on any atom is -0.491 e. The van der Waals surface area contributed by atoms with Crippen LogP contribution in [-0.2, 0) is 11.2 Å². The van der Waals surface area contributed by atoms with Crippen molar-refractivity contribution in [2.45, 2.75) is 64.2 Å². The first-order valence-corrected chi connectivity index (χ1v) is 11.6. The molecule has 5 aliphatic carbocycles. The summed E-state index contributed by atoms with van der Waals surface area (Å²) in [5.41, 5.74) is 0.765. The van der Waals surface area contributed by atoms with Crippen molar-refractivity contribution in [3.8, 4) is 5.75 Å². The zero-order chi connectivity index (χ0) is 20.2. The topological polar surface area (TPSA) is 46.5 Å². The highest BCUT2D eigenvalue weighted by Gasteiger charge is 2.51. The lowest BCUT2D eigenvalue weighted by molar-refractivity contribution is -0.142. The van der Waals surface area contributed by atoms with Gasteiger partial charge in [0.2, 0.25) is 0 Å². The third-order valence-corrected chi connectivity index (χ3v) is 8.55. The molecular weight excluding hydrogens is 391 g/mol. The number of benzene rings is 1. The Balaban J connectivity index is 1.27. The van der Waals surface area contributed by atoms with E-state index in [0.29, 0.717) is 35.8 Å². The smallest absolute Gasteiger partial charge is 0.306 e. The molecule has 29 heavy (non-hydrogen) atoms. The molecule has 5 aliphatic rings. The maximum Gasteiger partial charge on any atom is 0.306 e. The Hall–Kier alpha value is -1.29. The quantitative estimate of drug-likeness (QED) is 0.603. The summed E-state index contributed by atoms with van der Waals surface area (Å²) in [4.78, 5) is 11.4. The number of hydrogen-bond acceptors (Lipinski definition) is 2. The number of carboxylic acid groups (broad SMARTS) is 1. The number of halogens is 2. The van der Waals surface area contributed by atoms with E-state index in [4.69, 9.17) is 16.3 Å². The van der Waals surface area contributed by atoms with Gasteiger partial charge in [0, 0.05) is 11.5 Å². The Morgan fingerprint density at radius 2 is 1.79 bits per heavy atom. The van der Waals surface area contributed by atoms with Crippen LogP contribution in [0.15, 0.2) is 12.1 Å². The molecule has 0 saturated heterocycles. The van der Waals surface area contributed by atoms with E-state index in [1.54, 1.807) is 6.07 Å². The molecule has 0 spiro atoms. The van der Waals surface area contributed by atoms with Crippen molar-refractivity contribution >= 4 is 17.6 Å². The van der Waals surface area contributed by atoms with E-state index in [0.717, 1.165) is 30.6 Å². The molecule has 1 aromatic carbocycles. The maximum atomic E-state index is 14.8. The summed E-state index contributed by atoms with van der Waals surface area (Å²) in [6, 6.07) is 3.08. The maximum absolute atomic E-state index is 14.8. The van der Waals surface area contributed by atoms with Gasteiger partial charge in [0.1, 0.15) is 11.6 Å². The molecule has 1 aromatic rings. The lowest BCUT2D eigenvalue weighted by atomic mass is 9.50. The van der Waals surface area contributed by atoms with Gasteiger partial charge in [0.25, 0.3) is 0 Å². The normalized spacial score (nSPS) is 37.8. The molecular formula is C24H30ClFO3. The Kier molecular flexibility index (Phi) is 5.04. The Morgan fingerprint density at radius 3 is 2.41 bits per heavy atom. The number of ether oxygens (including phenoxy) is 1. The van der Waals surface area contributed by atoms with Crippen LogP contribution in [0.25, 0.3) is 0 Å². The van der Waals surface area contributed by atoms with Gasteiger partial charge in [0.15, 0.2) is 0 Å². The van der Waals surface area contributed by atoms with Crippen LogP contribution in [0.1, 0.15) is 63.4 Å². The van der Waals surface area contributed by atoms with Crippen LogP contribution in [0.4, 0.5) is 4.39 Å². The van der Waals surface area contributed by atoms with E-state index in [9.17, 15) is 14.3 Å². The Bertz CT molecular complexity index is 772. The van der Waals surface area contributed by atoms with Crippen molar-refractivity contribution in [2.75, 3.05) is 6.61 Å². The second-order valence-electron chi connectivity index (χ2n) is 10.4. The molecule has 0 amide bonds. The summed E-state index contributed by atoms with van der Waals surface area (Å²) in [5.74, 6) is 1.51. The molecule has 0 aromatic heterocycles. The summed E-state index contributed by atoms with van der Waals surface area (Å²) >= 11 is 6.46. The SMILES string of the molecule is O=C(O)[C@@H]1CCCC1Cc1cc(Cl)c(OCC23CC4CC(CC(C4)C2)C3)cc1F. The Morgan fingerprint density at radius 1 is 1.14 bits per heavy atom. The van der Waals surface area contributed by atoms with Crippen LogP contribution < -0.4 is 4.74 Å². The fourth-order valence-electron chi connectivity index (χ4n) is 7.42. The van der Waals surface area contributed by atoms with E-state index >= 15 is 0 Å². The van der Waals surface area contributed by atoms with E-state index in [2.05, 4.69) is 0 Å². The first-order chi connectivity index (χ1) is 13.9. The van der Waals surface area contributed by atoms with Crippen molar-refractivity contribution < 1.29 is 19.0 Å². The molecule has 5 fully saturated rings. The molecule has 3 nitrogen and oxygen atoms in total. The molecule has 1 N–H and O–H groups in total. The third kappa shape index (κ3) is 3.78. The highest BCUT2D eigenvalue weighted by Crippen LogP contribution is 2.60. The molecule has 0 aliphatic heterocycles. The largest absolute Gasteiger partial charge is 0.491 e. The predicted molar refractivity (Wildman–Crippen MR) is 110 cm³/mol. The molecule has 2 atom stereocenters. The number of carbonyl (C=O) groups is 1. The molecule has 6 rings (SSSR count).